The molecule has 32 heavy (non-hydrogen) atoms. The Morgan fingerprint density at radius 3 is 2.78 bits per heavy atom. The van der Waals surface area contributed by atoms with Crippen LogP contribution < -0.4 is 9.91 Å². The van der Waals surface area contributed by atoms with E-state index in [1.54, 1.807) is 41.8 Å². The Balaban J connectivity index is 1.45. The molecule has 0 N–H and O–H groups in total. The number of carbonyl (C=O) groups excluding carboxylic acids is 2. The summed E-state index contributed by atoms with van der Waals surface area (Å²) in [6.45, 7) is 1.80. The Morgan fingerprint density at radius 1 is 1.28 bits per heavy atom. The van der Waals surface area contributed by atoms with Crippen LogP contribution in [0.4, 0.5) is 20.7 Å². The molecule has 1 saturated heterocycles. The van der Waals surface area contributed by atoms with Crippen molar-refractivity contribution in [3.05, 3.63) is 42.3 Å². The van der Waals surface area contributed by atoms with Crippen LogP contribution in [0.5, 0.6) is 0 Å². The number of likely N-dealkylation sites (N-methyl/N-ethyl adjacent to an activating group) is 1. The quantitative estimate of drug-likeness (QED) is 0.637. The Kier molecular flexibility index (Phi) is 6.20. The summed E-state index contributed by atoms with van der Waals surface area (Å²) in [7, 11) is 3.26. The molecule has 4 rings (SSSR count). The molecule has 10 heteroatoms. The first-order chi connectivity index (χ1) is 15.4. The van der Waals surface area contributed by atoms with Crippen molar-refractivity contribution in [1.82, 2.24) is 9.88 Å². The molecule has 0 aliphatic carbocycles. The number of carbonyl (C=O) groups is 2. The van der Waals surface area contributed by atoms with E-state index in [1.165, 1.54) is 18.1 Å². The Labute approximate surface area is 185 Å². The van der Waals surface area contributed by atoms with Gasteiger partial charge in [0.15, 0.2) is 0 Å². The molecule has 1 aromatic carbocycles. The third kappa shape index (κ3) is 4.63. The number of hydrogen-bond acceptors (Lipinski definition) is 8. The zero-order chi connectivity index (χ0) is 22.7. The van der Waals surface area contributed by atoms with Gasteiger partial charge in [-0.05, 0) is 36.8 Å². The number of amides is 1. The lowest BCUT2D eigenvalue weighted by Crippen LogP contribution is -2.35. The molecule has 9 nitrogen and oxygen atoms in total. The summed E-state index contributed by atoms with van der Waals surface area (Å²) in [6.07, 6.45) is 2.84. The van der Waals surface area contributed by atoms with Crippen molar-refractivity contribution >= 4 is 29.9 Å². The third-order valence-corrected chi connectivity index (χ3v) is 5.41. The molecule has 2 aliphatic rings. The molecule has 1 amide bonds. The topological polar surface area (TPSA) is 87.6 Å². The number of hydrazone groups is 1. The first-order valence-electron chi connectivity index (χ1n) is 10.3. The lowest BCUT2D eigenvalue weighted by molar-refractivity contribution is -0.141. The van der Waals surface area contributed by atoms with Gasteiger partial charge in [0.05, 0.1) is 25.9 Å². The van der Waals surface area contributed by atoms with E-state index in [0.29, 0.717) is 29.1 Å². The summed E-state index contributed by atoms with van der Waals surface area (Å²) in [6, 6.07) is 8.18. The van der Waals surface area contributed by atoms with Gasteiger partial charge in [0, 0.05) is 37.3 Å². The molecule has 168 valence electrons. The number of esters is 1. The van der Waals surface area contributed by atoms with Crippen molar-refractivity contribution in [3.8, 4) is 11.1 Å². The number of benzene rings is 1. The maximum atomic E-state index is 14.9. The Bertz CT molecular complexity index is 1030. The van der Waals surface area contributed by atoms with Crippen molar-refractivity contribution in [2.24, 2.45) is 5.10 Å². The maximum Gasteiger partial charge on any atom is 0.414 e. The summed E-state index contributed by atoms with van der Waals surface area (Å²) in [5.41, 5.74) is 1.40. The SMILES string of the molecule is COC(=O)CC[C@H]1CN(c2ccc(-c3ccc(N4CCN(C)C=N4)nc3)c(F)c2)C(=O)O1. The van der Waals surface area contributed by atoms with E-state index in [4.69, 9.17) is 4.74 Å². The van der Waals surface area contributed by atoms with Gasteiger partial charge < -0.3 is 14.4 Å². The Hall–Kier alpha value is -3.69. The molecule has 0 bridgehead atoms. The number of cyclic esters (lactones) is 1. The summed E-state index contributed by atoms with van der Waals surface area (Å²) in [5.74, 6) is -0.151. The second-order valence-corrected chi connectivity index (χ2v) is 7.64. The second kappa shape index (κ2) is 9.21. The van der Waals surface area contributed by atoms with Gasteiger partial charge in [-0.15, -0.1) is 0 Å². The lowest BCUT2D eigenvalue weighted by atomic mass is 10.1. The average Bonchev–Trinajstić information content (AvgIpc) is 3.18. The predicted octanol–water partition coefficient (Wildman–Crippen LogP) is 2.86. The number of nitrogens with zero attached hydrogens (tertiary/aromatic N) is 5. The molecule has 1 atom stereocenters. The van der Waals surface area contributed by atoms with Gasteiger partial charge in [0.1, 0.15) is 24.1 Å². The molecule has 0 spiro atoms. The number of anilines is 2. The third-order valence-electron chi connectivity index (χ3n) is 5.41. The van der Waals surface area contributed by atoms with Crippen LogP contribution in [0.25, 0.3) is 11.1 Å². The van der Waals surface area contributed by atoms with Crippen molar-refractivity contribution in [1.29, 1.82) is 0 Å². The van der Waals surface area contributed by atoms with Crippen LogP contribution in [-0.2, 0) is 14.3 Å². The first-order valence-corrected chi connectivity index (χ1v) is 10.3. The van der Waals surface area contributed by atoms with E-state index >= 15 is 0 Å². The van der Waals surface area contributed by atoms with Crippen molar-refractivity contribution in [2.45, 2.75) is 18.9 Å². The van der Waals surface area contributed by atoms with E-state index in [-0.39, 0.29) is 18.9 Å². The highest BCUT2D eigenvalue weighted by Crippen LogP contribution is 2.30. The number of halogens is 1. The normalized spacial score (nSPS) is 18.2. The largest absolute Gasteiger partial charge is 0.469 e. The highest BCUT2D eigenvalue weighted by molar-refractivity contribution is 5.90. The maximum absolute atomic E-state index is 14.9. The first kappa shape index (κ1) is 21.5. The van der Waals surface area contributed by atoms with Gasteiger partial charge in [-0.1, -0.05) is 0 Å². The highest BCUT2D eigenvalue weighted by Gasteiger charge is 2.33. The molecule has 1 aromatic heterocycles. The van der Waals surface area contributed by atoms with Crippen LogP contribution in [0.3, 0.4) is 0 Å². The van der Waals surface area contributed by atoms with Crippen LogP contribution in [0.2, 0.25) is 0 Å². The fourth-order valence-electron chi connectivity index (χ4n) is 3.56. The lowest BCUT2D eigenvalue weighted by Gasteiger charge is -2.26. The predicted molar refractivity (Wildman–Crippen MR) is 117 cm³/mol. The van der Waals surface area contributed by atoms with Crippen molar-refractivity contribution in [3.63, 3.8) is 0 Å². The van der Waals surface area contributed by atoms with Crippen LogP contribution in [0.15, 0.2) is 41.6 Å². The summed E-state index contributed by atoms with van der Waals surface area (Å²) in [4.78, 5) is 31.3. The van der Waals surface area contributed by atoms with Gasteiger partial charge in [-0.3, -0.25) is 9.69 Å². The van der Waals surface area contributed by atoms with Gasteiger partial charge in [-0.2, -0.15) is 5.10 Å². The Morgan fingerprint density at radius 2 is 2.12 bits per heavy atom. The number of pyridine rings is 1. The zero-order valence-corrected chi connectivity index (χ0v) is 17.9. The minimum absolute atomic E-state index is 0.151. The van der Waals surface area contributed by atoms with E-state index in [9.17, 15) is 14.0 Å². The van der Waals surface area contributed by atoms with Crippen LogP contribution in [0, 0.1) is 5.82 Å². The number of methoxy groups -OCH3 is 1. The molecule has 0 radical (unpaired) electrons. The van der Waals surface area contributed by atoms with Gasteiger partial charge in [0.2, 0.25) is 0 Å². The fourth-order valence-corrected chi connectivity index (χ4v) is 3.56. The van der Waals surface area contributed by atoms with Crippen LogP contribution in [-0.4, -0.2) is 68.2 Å². The number of aromatic nitrogens is 1. The van der Waals surface area contributed by atoms with E-state index in [2.05, 4.69) is 14.8 Å². The van der Waals surface area contributed by atoms with Gasteiger partial charge in [-0.25, -0.2) is 19.2 Å². The summed E-state index contributed by atoms with van der Waals surface area (Å²) >= 11 is 0. The minimum Gasteiger partial charge on any atom is -0.469 e. The molecule has 2 aromatic rings. The molecule has 3 heterocycles. The molecular weight excluding hydrogens is 417 g/mol. The van der Waals surface area contributed by atoms with E-state index in [0.717, 1.165) is 13.1 Å². The molecule has 0 saturated carbocycles. The van der Waals surface area contributed by atoms with E-state index in [1.807, 2.05) is 11.9 Å². The zero-order valence-electron chi connectivity index (χ0n) is 17.9. The average molecular weight is 441 g/mol. The number of rotatable bonds is 6. The minimum atomic E-state index is -0.564. The molecular formula is C22H24FN5O4. The smallest absolute Gasteiger partial charge is 0.414 e. The van der Waals surface area contributed by atoms with Gasteiger partial charge in [0.25, 0.3) is 0 Å². The molecule has 0 unspecified atom stereocenters. The summed E-state index contributed by atoms with van der Waals surface area (Å²) in [5, 5.41) is 6.11. The monoisotopic (exact) mass is 441 g/mol. The standard InChI is InChI=1S/C22H24FN5O4/c1-26-9-10-28(25-14-26)20-7-3-15(12-24-20)18-6-4-16(11-19(18)23)27-13-17(32-22(27)30)5-8-21(29)31-2/h3-4,6-7,11-12,14,17H,5,8-10,13H2,1-2H3/t17-/m0/s1. The molecule has 1 fully saturated rings. The van der Waals surface area contributed by atoms with Crippen LogP contribution >= 0.6 is 0 Å². The van der Waals surface area contributed by atoms with Crippen molar-refractivity contribution < 1.29 is 23.5 Å². The van der Waals surface area contributed by atoms with Gasteiger partial charge >= 0.3 is 12.1 Å². The van der Waals surface area contributed by atoms with Crippen molar-refractivity contribution in [2.75, 3.05) is 43.7 Å². The molecule has 2 aliphatic heterocycles. The second-order valence-electron chi connectivity index (χ2n) is 7.64. The highest BCUT2D eigenvalue weighted by atomic mass is 19.1. The number of hydrogen-bond donors (Lipinski definition) is 0. The fraction of sp³-hybridized carbons (Fsp3) is 0.364. The van der Waals surface area contributed by atoms with E-state index < -0.39 is 18.0 Å². The summed E-state index contributed by atoms with van der Waals surface area (Å²) < 4.78 is 24.8. The number of ether oxygens (including phenoxy) is 2. The van der Waals surface area contributed by atoms with Crippen LogP contribution in [0.1, 0.15) is 12.8 Å².